The van der Waals surface area contributed by atoms with Gasteiger partial charge >= 0.3 is 0 Å². The van der Waals surface area contributed by atoms with Crippen LogP contribution in [0.1, 0.15) is 33.3 Å². The number of benzene rings is 1. The van der Waals surface area contributed by atoms with Crippen molar-refractivity contribution >= 4 is 17.6 Å². The van der Waals surface area contributed by atoms with Gasteiger partial charge in [-0.1, -0.05) is 42.5 Å². The smallest absolute Gasteiger partial charge is 0.188 e. The molecule has 1 rings (SSSR count). The fourth-order valence-electron chi connectivity index (χ4n) is 1.39. The first kappa shape index (κ1) is 16.0. The second-order valence-corrected chi connectivity index (χ2v) is 3.60. The van der Waals surface area contributed by atoms with Gasteiger partial charge in [0.2, 0.25) is 0 Å². The standard InChI is InChI=1S/C14H16O.C2H4O/c1-4-11(3)14(15)13(5-2)12-9-7-6-8-10-12;1-2-3/h4-10H,1-3H3;2H,1H3/b11-4-,13-5-;. The molecule has 0 aromatic heterocycles. The first-order valence-corrected chi connectivity index (χ1v) is 5.91. The normalized spacial score (nSPS) is 11.3. The zero-order chi connectivity index (χ0) is 14.0. The summed E-state index contributed by atoms with van der Waals surface area (Å²) in [7, 11) is 0. The van der Waals surface area contributed by atoms with Crippen molar-refractivity contribution in [1.29, 1.82) is 0 Å². The molecule has 2 nitrogen and oxygen atoms in total. The SMILES string of the molecule is C/C=C(/C)C(=O)/C(=C\C)c1ccccc1.CC=O. The lowest BCUT2D eigenvalue weighted by molar-refractivity contribution is -0.110. The fourth-order valence-corrected chi connectivity index (χ4v) is 1.39. The molecule has 1 aromatic rings. The van der Waals surface area contributed by atoms with Crippen molar-refractivity contribution in [3.05, 3.63) is 53.6 Å². The Bertz CT molecular complexity index is 439. The van der Waals surface area contributed by atoms with Crippen molar-refractivity contribution in [2.24, 2.45) is 0 Å². The van der Waals surface area contributed by atoms with Crippen LogP contribution in [-0.2, 0) is 9.59 Å². The molecule has 1 aromatic carbocycles. The summed E-state index contributed by atoms with van der Waals surface area (Å²) in [6.45, 7) is 7.06. The summed E-state index contributed by atoms with van der Waals surface area (Å²) >= 11 is 0. The van der Waals surface area contributed by atoms with E-state index in [1.807, 2.05) is 63.3 Å². The van der Waals surface area contributed by atoms with Crippen LogP contribution >= 0.6 is 0 Å². The molecule has 0 amide bonds. The summed E-state index contributed by atoms with van der Waals surface area (Å²) < 4.78 is 0. The van der Waals surface area contributed by atoms with Crippen LogP contribution in [0.15, 0.2) is 48.1 Å². The van der Waals surface area contributed by atoms with Crippen molar-refractivity contribution in [2.45, 2.75) is 27.7 Å². The number of ketones is 1. The zero-order valence-electron chi connectivity index (χ0n) is 11.4. The quantitative estimate of drug-likeness (QED) is 0.598. The van der Waals surface area contributed by atoms with E-state index in [-0.39, 0.29) is 5.78 Å². The molecule has 0 aliphatic rings. The van der Waals surface area contributed by atoms with Crippen molar-refractivity contribution in [3.63, 3.8) is 0 Å². The maximum atomic E-state index is 12.0. The molecule has 0 atom stereocenters. The lowest BCUT2D eigenvalue weighted by Gasteiger charge is -2.06. The number of carbonyl (C=O) groups excluding carboxylic acids is 2. The van der Waals surface area contributed by atoms with E-state index in [1.165, 1.54) is 6.92 Å². The van der Waals surface area contributed by atoms with Gasteiger partial charge in [0.15, 0.2) is 5.78 Å². The highest BCUT2D eigenvalue weighted by Crippen LogP contribution is 2.18. The van der Waals surface area contributed by atoms with Gasteiger partial charge in [0, 0.05) is 5.57 Å². The van der Waals surface area contributed by atoms with E-state index in [9.17, 15) is 4.79 Å². The third-order valence-electron chi connectivity index (χ3n) is 2.41. The Kier molecular flexibility index (Phi) is 8.12. The minimum Gasteiger partial charge on any atom is -0.304 e. The Morgan fingerprint density at radius 2 is 1.50 bits per heavy atom. The van der Waals surface area contributed by atoms with Crippen LogP contribution in [-0.4, -0.2) is 12.1 Å². The number of rotatable bonds is 3. The molecule has 2 heteroatoms. The maximum absolute atomic E-state index is 12.0. The van der Waals surface area contributed by atoms with E-state index in [0.29, 0.717) is 0 Å². The van der Waals surface area contributed by atoms with Gasteiger partial charge in [0.25, 0.3) is 0 Å². The molecule has 0 fully saturated rings. The lowest BCUT2D eigenvalue weighted by atomic mass is 9.97. The Labute approximate surface area is 109 Å². The van der Waals surface area contributed by atoms with Crippen LogP contribution in [0.2, 0.25) is 0 Å². The highest BCUT2D eigenvalue weighted by Gasteiger charge is 2.11. The number of hydrogen-bond acceptors (Lipinski definition) is 2. The first-order valence-electron chi connectivity index (χ1n) is 5.91. The molecule has 0 N–H and O–H groups in total. The Morgan fingerprint density at radius 1 is 1.00 bits per heavy atom. The van der Waals surface area contributed by atoms with E-state index < -0.39 is 0 Å². The van der Waals surface area contributed by atoms with Crippen molar-refractivity contribution in [1.82, 2.24) is 0 Å². The topological polar surface area (TPSA) is 34.1 Å². The fraction of sp³-hybridized carbons (Fsp3) is 0.250. The van der Waals surface area contributed by atoms with Crippen LogP contribution in [0.25, 0.3) is 5.57 Å². The second-order valence-electron chi connectivity index (χ2n) is 3.60. The summed E-state index contributed by atoms with van der Waals surface area (Å²) in [5.74, 6) is 0.103. The Morgan fingerprint density at radius 3 is 1.89 bits per heavy atom. The molecule has 0 spiro atoms. The Hall–Kier alpha value is -1.96. The summed E-state index contributed by atoms with van der Waals surface area (Å²) in [5.41, 5.74) is 2.53. The van der Waals surface area contributed by atoms with Gasteiger partial charge in [0.1, 0.15) is 6.29 Å². The van der Waals surface area contributed by atoms with Crippen LogP contribution < -0.4 is 0 Å². The molecule has 0 aliphatic heterocycles. The number of Topliss-reactive ketones (excluding diaryl/α,β-unsaturated/α-hetero) is 1. The molecule has 0 heterocycles. The zero-order valence-corrected chi connectivity index (χ0v) is 11.4. The summed E-state index contributed by atoms with van der Waals surface area (Å²) in [4.78, 5) is 20.8. The molecular weight excluding hydrogens is 224 g/mol. The minimum absolute atomic E-state index is 0.103. The van der Waals surface area contributed by atoms with E-state index >= 15 is 0 Å². The van der Waals surface area contributed by atoms with Crippen LogP contribution in [0, 0.1) is 0 Å². The van der Waals surface area contributed by atoms with E-state index in [1.54, 1.807) is 0 Å². The number of aldehydes is 1. The lowest BCUT2D eigenvalue weighted by Crippen LogP contribution is -2.02. The summed E-state index contributed by atoms with van der Waals surface area (Å²) in [6, 6.07) is 9.74. The van der Waals surface area contributed by atoms with Gasteiger partial charge in [-0.25, -0.2) is 0 Å². The van der Waals surface area contributed by atoms with Gasteiger partial charge in [-0.05, 0) is 38.8 Å². The molecule has 0 bridgehead atoms. The highest BCUT2D eigenvalue weighted by molar-refractivity contribution is 6.28. The van der Waals surface area contributed by atoms with Crippen LogP contribution in [0.3, 0.4) is 0 Å². The molecule has 0 unspecified atom stereocenters. The minimum atomic E-state index is 0.103. The van der Waals surface area contributed by atoms with Gasteiger partial charge in [-0.15, -0.1) is 0 Å². The van der Waals surface area contributed by atoms with E-state index in [4.69, 9.17) is 4.79 Å². The van der Waals surface area contributed by atoms with Gasteiger partial charge in [-0.2, -0.15) is 0 Å². The number of carbonyl (C=O) groups is 2. The molecule has 0 saturated heterocycles. The number of allylic oxidation sites excluding steroid dienone is 4. The largest absolute Gasteiger partial charge is 0.304 e. The average molecular weight is 244 g/mol. The maximum Gasteiger partial charge on any atom is 0.188 e. The van der Waals surface area contributed by atoms with Crippen molar-refractivity contribution in [3.8, 4) is 0 Å². The van der Waals surface area contributed by atoms with E-state index in [2.05, 4.69) is 0 Å². The predicted molar refractivity (Wildman–Crippen MR) is 76.3 cm³/mol. The third kappa shape index (κ3) is 4.91. The van der Waals surface area contributed by atoms with Crippen molar-refractivity contribution < 1.29 is 9.59 Å². The van der Waals surface area contributed by atoms with E-state index in [0.717, 1.165) is 23.0 Å². The van der Waals surface area contributed by atoms with Crippen molar-refractivity contribution in [2.75, 3.05) is 0 Å². The molecule has 96 valence electrons. The second kappa shape index (κ2) is 9.11. The molecule has 0 saturated carbocycles. The Balaban J connectivity index is 0.000000873. The average Bonchev–Trinajstić information content (AvgIpc) is 2.40. The summed E-state index contributed by atoms with van der Waals surface area (Å²) in [6.07, 6.45) is 4.46. The van der Waals surface area contributed by atoms with Crippen LogP contribution in [0.5, 0.6) is 0 Å². The number of hydrogen-bond donors (Lipinski definition) is 0. The molecule has 0 radical (unpaired) electrons. The third-order valence-corrected chi connectivity index (χ3v) is 2.41. The van der Waals surface area contributed by atoms with Gasteiger partial charge < -0.3 is 4.79 Å². The molecule has 0 aliphatic carbocycles. The van der Waals surface area contributed by atoms with Gasteiger partial charge in [0.05, 0.1) is 0 Å². The van der Waals surface area contributed by atoms with Gasteiger partial charge in [-0.3, -0.25) is 4.79 Å². The predicted octanol–water partition coefficient (Wildman–Crippen LogP) is 3.83. The molecule has 18 heavy (non-hydrogen) atoms. The summed E-state index contributed by atoms with van der Waals surface area (Å²) in [5, 5.41) is 0. The molecular formula is C16H20O2. The highest BCUT2D eigenvalue weighted by atomic mass is 16.1. The van der Waals surface area contributed by atoms with Crippen LogP contribution in [0.4, 0.5) is 0 Å². The monoisotopic (exact) mass is 244 g/mol. The first-order chi connectivity index (χ1) is 8.62.